The second-order valence-electron chi connectivity index (χ2n) is 5.48. The summed E-state index contributed by atoms with van der Waals surface area (Å²) in [6.45, 7) is 0. The molecule has 1 aromatic rings. The largest absolute Gasteiger partial charge is 0.327 e. The van der Waals surface area contributed by atoms with Crippen LogP contribution in [0, 0.1) is 5.92 Å². The first-order chi connectivity index (χ1) is 8.33. The van der Waals surface area contributed by atoms with Crippen molar-refractivity contribution in [1.82, 2.24) is 0 Å². The maximum atomic E-state index is 6.14. The van der Waals surface area contributed by atoms with E-state index in [1.165, 1.54) is 43.4 Å². The summed E-state index contributed by atoms with van der Waals surface area (Å²) in [5.74, 6) is 0.864. The van der Waals surface area contributed by atoms with Crippen LogP contribution in [-0.4, -0.2) is 11.3 Å². The summed E-state index contributed by atoms with van der Waals surface area (Å²) in [4.78, 5) is 1.50. The first-order valence-corrected chi connectivity index (χ1v) is 7.71. The number of hydrogen-bond acceptors (Lipinski definition) is 2. The van der Waals surface area contributed by atoms with Crippen molar-refractivity contribution in [2.24, 2.45) is 11.7 Å². The Morgan fingerprint density at radius 1 is 1.29 bits per heavy atom. The summed E-state index contributed by atoms with van der Waals surface area (Å²) in [6.07, 6.45) is 7.90. The standard InChI is InChI=1S/C15H21NS/c16-14(11-8-9-11)6-3-5-13-10-12-4-1-2-7-15(12)17-13/h1-2,4,7,11,13-14H,3,5-6,8-10,16H2. The molecule has 92 valence electrons. The van der Waals surface area contributed by atoms with E-state index in [2.05, 4.69) is 36.0 Å². The van der Waals surface area contributed by atoms with E-state index < -0.39 is 0 Å². The van der Waals surface area contributed by atoms with Crippen LogP contribution in [0.3, 0.4) is 0 Å². The van der Waals surface area contributed by atoms with Gasteiger partial charge in [0.25, 0.3) is 0 Å². The molecule has 1 nitrogen and oxygen atoms in total. The van der Waals surface area contributed by atoms with E-state index in [1.54, 1.807) is 5.56 Å². The SMILES string of the molecule is NC(CCCC1Cc2ccccc2S1)C1CC1. The minimum Gasteiger partial charge on any atom is -0.327 e. The normalized spacial score (nSPS) is 24.6. The highest BCUT2D eigenvalue weighted by Gasteiger charge is 2.28. The van der Waals surface area contributed by atoms with Crippen molar-refractivity contribution in [3.05, 3.63) is 29.8 Å². The molecule has 3 rings (SSSR count). The number of benzene rings is 1. The molecule has 1 aromatic carbocycles. The third-order valence-corrected chi connectivity index (χ3v) is 5.39. The lowest BCUT2D eigenvalue weighted by Crippen LogP contribution is -2.22. The molecular formula is C15H21NS. The van der Waals surface area contributed by atoms with Crippen LogP contribution in [0.15, 0.2) is 29.2 Å². The van der Waals surface area contributed by atoms with Gasteiger partial charge in [-0.1, -0.05) is 24.6 Å². The second-order valence-corrected chi connectivity index (χ2v) is 6.83. The third-order valence-electron chi connectivity index (χ3n) is 4.00. The molecule has 0 amide bonds. The molecule has 17 heavy (non-hydrogen) atoms. The fourth-order valence-corrected chi connectivity index (χ4v) is 4.12. The molecule has 2 N–H and O–H groups in total. The maximum Gasteiger partial charge on any atom is 0.0135 e. The van der Waals surface area contributed by atoms with Crippen LogP contribution >= 0.6 is 11.8 Å². The molecule has 0 radical (unpaired) electrons. The summed E-state index contributed by atoms with van der Waals surface area (Å²) >= 11 is 2.07. The number of thioether (sulfide) groups is 1. The highest BCUT2D eigenvalue weighted by atomic mass is 32.2. The van der Waals surface area contributed by atoms with Crippen molar-refractivity contribution in [2.45, 2.75) is 54.7 Å². The molecule has 1 heterocycles. The first-order valence-electron chi connectivity index (χ1n) is 6.83. The Kier molecular flexibility index (Phi) is 3.44. The predicted molar refractivity (Wildman–Crippen MR) is 74.3 cm³/mol. The highest BCUT2D eigenvalue weighted by molar-refractivity contribution is 8.00. The lowest BCUT2D eigenvalue weighted by Gasteiger charge is -2.12. The number of rotatable bonds is 5. The topological polar surface area (TPSA) is 26.0 Å². The second kappa shape index (κ2) is 5.03. The molecule has 0 spiro atoms. The highest BCUT2D eigenvalue weighted by Crippen LogP contribution is 2.39. The maximum absolute atomic E-state index is 6.14. The van der Waals surface area contributed by atoms with Gasteiger partial charge in [-0.15, -0.1) is 11.8 Å². The van der Waals surface area contributed by atoms with E-state index in [0.29, 0.717) is 6.04 Å². The smallest absolute Gasteiger partial charge is 0.0135 e. The van der Waals surface area contributed by atoms with Gasteiger partial charge < -0.3 is 5.73 Å². The molecule has 2 heteroatoms. The van der Waals surface area contributed by atoms with Crippen molar-refractivity contribution >= 4 is 11.8 Å². The van der Waals surface area contributed by atoms with E-state index in [1.807, 2.05) is 0 Å². The predicted octanol–water partition coefficient (Wildman–Crippen LogP) is 3.61. The average molecular weight is 247 g/mol. The monoisotopic (exact) mass is 247 g/mol. The van der Waals surface area contributed by atoms with Gasteiger partial charge in [0.1, 0.15) is 0 Å². The Labute approximate surface area is 108 Å². The minimum atomic E-state index is 0.490. The van der Waals surface area contributed by atoms with Crippen molar-refractivity contribution in [3.63, 3.8) is 0 Å². The molecule has 0 bridgehead atoms. The van der Waals surface area contributed by atoms with Crippen LogP contribution in [0.4, 0.5) is 0 Å². The zero-order valence-corrected chi connectivity index (χ0v) is 11.1. The van der Waals surface area contributed by atoms with Gasteiger partial charge in [0.15, 0.2) is 0 Å². The molecule has 2 atom stereocenters. The zero-order valence-electron chi connectivity index (χ0n) is 10.3. The first kappa shape index (κ1) is 11.6. The Morgan fingerprint density at radius 2 is 2.12 bits per heavy atom. The fraction of sp³-hybridized carbons (Fsp3) is 0.600. The van der Waals surface area contributed by atoms with Gasteiger partial charge in [-0.25, -0.2) is 0 Å². The Balaban J connectivity index is 1.43. The van der Waals surface area contributed by atoms with Crippen molar-refractivity contribution in [3.8, 4) is 0 Å². The van der Waals surface area contributed by atoms with Gasteiger partial charge >= 0.3 is 0 Å². The van der Waals surface area contributed by atoms with Crippen LogP contribution in [-0.2, 0) is 6.42 Å². The molecule has 0 aromatic heterocycles. The van der Waals surface area contributed by atoms with E-state index in [9.17, 15) is 0 Å². The van der Waals surface area contributed by atoms with Gasteiger partial charge in [0.05, 0.1) is 0 Å². The molecular weight excluding hydrogens is 226 g/mol. The van der Waals surface area contributed by atoms with E-state index in [4.69, 9.17) is 5.73 Å². The number of hydrogen-bond donors (Lipinski definition) is 1. The van der Waals surface area contributed by atoms with Crippen LogP contribution in [0.1, 0.15) is 37.7 Å². The minimum absolute atomic E-state index is 0.490. The number of nitrogens with two attached hydrogens (primary N) is 1. The molecule has 0 saturated heterocycles. The zero-order chi connectivity index (χ0) is 11.7. The fourth-order valence-electron chi connectivity index (χ4n) is 2.76. The Hall–Kier alpha value is -0.470. The third kappa shape index (κ3) is 2.86. The molecule has 2 unspecified atom stereocenters. The molecule has 1 aliphatic carbocycles. The summed E-state index contributed by atoms with van der Waals surface area (Å²) in [7, 11) is 0. The van der Waals surface area contributed by atoms with Gasteiger partial charge in [-0.3, -0.25) is 0 Å². The van der Waals surface area contributed by atoms with Crippen LogP contribution in [0.5, 0.6) is 0 Å². The molecule has 2 aliphatic rings. The van der Waals surface area contributed by atoms with Gasteiger partial charge in [0.2, 0.25) is 0 Å². The Morgan fingerprint density at radius 3 is 2.88 bits per heavy atom. The Bertz CT molecular complexity index is 361. The van der Waals surface area contributed by atoms with Gasteiger partial charge in [-0.05, 0) is 49.7 Å². The average Bonchev–Trinajstić information content (AvgIpc) is 3.09. The lowest BCUT2D eigenvalue weighted by atomic mass is 10.0. The van der Waals surface area contributed by atoms with Crippen molar-refractivity contribution in [2.75, 3.05) is 0 Å². The van der Waals surface area contributed by atoms with Gasteiger partial charge in [-0.2, -0.15) is 0 Å². The van der Waals surface area contributed by atoms with Crippen LogP contribution in [0.2, 0.25) is 0 Å². The van der Waals surface area contributed by atoms with Gasteiger partial charge in [0, 0.05) is 16.2 Å². The van der Waals surface area contributed by atoms with Crippen LogP contribution in [0.25, 0.3) is 0 Å². The van der Waals surface area contributed by atoms with E-state index >= 15 is 0 Å². The summed E-state index contributed by atoms with van der Waals surface area (Å²) in [5.41, 5.74) is 7.69. The summed E-state index contributed by atoms with van der Waals surface area (Å²) in [6, 6.07) is 9.33. The summed E-state index contributed by atoms with van der Waals surface area (Å²) in [5, 5.41) is 0.804. The quantitative estimate of drug-likeness (QED) is 0.860. The van der Waals surface area contributed by atoms with Crippen LogP contribution < -0.4 is 5.73 Å². The summed E-state index contributed by atoms with van der Waals surface area (Å²) < 4.78 is 0. The molecule has 1 fully saturated rings. The molecule has 1 saturated carbocycles. The molecule has 1 aliphatic heterocycles. The van der Waals surface area contributed by atoms with Crippen molar-refractivity contribution < 1.29 is 0 Å². The van der Waals surface area contributed by atoms with Crippen molar-refractivity contribution in [1.29, 1.82) is 0 Å². The van der Waals surface area contributed by atoms with E-state index in [-0.39, 0.29) is 0 Å². The number of fused-ring (bicyclic) bond motifs is 1. The lowest BCUT2D eigenvalue weighted by molar-refractivity contribution is 0.512. The van der Waals surface area contributed by atoms with E-state index in [0.717, 1.165) is 11.2 Å².